The number of thioether (sulfide) groups is 1. The molecule has 3 rings (SSSR count). The van der Waals surface area contributed by atoms with Crippen molar-refractivity contribution in [3.05, 3.63) is 30.2 Å². The molecule has 4 heteroatoms. The maximum atomic E-state index is 5.40. The quantitative estimate of drug-likeness (QED) is 0.799. The van der Waals surface area contributed by atoms with Gasteiger partial charge in [-0.1, -0.05) is 6.07 Å². The Bertz CT molecular complexity index is 503. The Kier molecular flexibility index (Phi) is 2.52. The first-order valence-corrected chi connectivity index (χ1v) is 6.63. The molecule has 0 spiro atoms. The van der Waals surface area contributed by atoms with Gasteiger partial charge in [-0.15, -0.1) is 0 Å². The van der Waals surface area contributed by atoms with Crippen LogP contribution in [0.25, 0.3) is 5.52 Å². The Morgan fingerprint density at radius 1 is 1.50 bits per heavy atom. The van der Waals surface area contributed by atoms with E-state index in [9.17, 15) is 0 Å². The molecule has 0 N–H and O–H groups in total. The summed E-state index contributed by atoms with van der Waals surface area (Å²) in [7, 11) is 1.71. The molecule has 0 aromatic carbocycles. The van der Waals surface area contributed by atoms with Crippen molar-refractivity contribution in [2.45, 2.75) is 12.3 Å². The normalized spacial score (nSPS) is 20.4. The zero-order valence-electron chi connectivity index (χ0n) is 9.22. The monoisotopic (exact) mass is 234 g/mol. The van der Waals surface area contributed by atoms with E-state index in [1.165, 1.54) is 17.9 Å². The van der Waals surface area contributed by atoms with Gasteiger partial charge in [0.2, 0.25) is 0 Å². The molecule has 0 radical (unpaired) electrons. The number of aromatic nitrogens is 2. The predicted molar refractivity (Wildman–Crippen MR) is 66.4 cm³/mol. The van der Waals surface area contributed by atoms with Crippen molar-refractivity contribution in [1.29, 1.82) is 0 Å². The highest BCUT2D eigenvalue weighted by atomic mass is 32.2. The Balaban J connectivity index is 2.16. The minimum Gasteiger partial charge on any atom is -0.482 e. The maximum Gasteiger partial charge on any atom is 0.199 e. The summed E-state index contributed by atoms with van der Waals surface area (Å²) in [6.07, 6.45) is 3.16. The summed E-state index contributed by atoms with van der Waals surface area (Å²) in [5.41, 5.74) is 1.12. The molecule has 1 saturated heterocycles. The Morgan fingerprint density at radius 2 is 2.44 bits per heavy atom. The van der Waals surface area contributed by atoms with E-state index in [0.29, 0.717) is 5.92 Å². The number of rotatable bonds is 2. The SMILES string of the molecule is COc1cccc2cnc(C3CCSC3)n12. The van der Waals surface area contributed by atoms with Crippen LogP contribution in [-0.4, -0.2) is 28.0 Å². The highest BCUT2D eigenvalue weighted by molar-refractivity contribution is 7.99. The number of methoxy groups -OCH3 is 1. The molecule has 2 aromatic rings. The zero-order valence-corrected chi connectivity index (χ0v) is 10.0. The van der Waals surface area contributed by atoms with Crippen molar-refractivity contribution in [2.75, 3.05) is 18.6 Å². The van der Waals surface area contributed by atoms with Crippen molar-refractivity contribution >= 4 is 17.3 Å². The van der Waals surface area contributed by atoms with Gasteiger partial charge in [0.15, 0.2) is 5.88 Å². The average molecular weight is 234 g/mol. The van der Waals surface area contributed by atoms with Gasteiger partial charge < -0.3 is 4.74 Å². The van der Waals surface area contributed by atoms with E-state index >= 15 is 0 Å². The molecular weight excluding hydrogens is 220 g/mol. The van der Waals surface area contributed by atoms with Crippen LogP contribution < -0.4 is 4.74 Å². The third-order valence-electron chi connectivity index (χ3n) is 3.05. The number of fused-ring (bicyclic) bond motifs is 1. The van der Waals surface area contributed by atoms with E-state index in [2.05, 4.69) is 15.5 Å². The van der Waals surface area contributed by atoms with Gasteiger partial charge in [0.1, 0.15) is 5.82 Å². The van der Waals surface area contributed by atoms with Crippen LogP contribution in [0.15, 0.2) is 24.4 Å². The summed E-state index contributed by atoms with van der Waals surface area (Å²) >= 11 is 2.01. The van der Waals surface area contributed by atoms with Crippen molar-refractivity contribution in [1.82, 2.24) is 9.38 Å². The lowest BCUT2D eigenvalue weighted by Gasteiger charge is -2.10. The van der Waals surface area contributed by atoms with Crippen LogP contribution in [0.4, 0.5) is 0 Å². The molecule has 1 atom stereocenters. The first-order valence-electron chi connectivity index (χ1n) is 5.48. The number of imidazole rings is 1. The molecule has 0 bridgehead atoms. The van der Waals surface area contributed by atoms with Gasteiger partial charge >= 0.3 is 0 Å². The van der Waals surface area contributed by atoms with Crippen molar-refractivity contribution in [2.24, 2.45) is 0 Å². The standard InChI is InChI=1S/C12H14N2OS/c1-15-11-4-2-3-10-7-13-12(14(10)11)9-5-6-16-8-9/h2-4,7,9H,5-6,8H2,1H3. The van der Waals surface area contributed by atoms with Crippen LogP contribution in [0.3, 0.4) is 0 Å². The lowest BCUT2D eigenvalue weighted by Crippen LogP contribution is -2.05. The maximum absolute atomic E-state index is 5.40. The zero-order chi connectivity index (χ0) is 11.0. The molecule has 0 aliphatic carbocycles. The molecule has 0 saturated carbocycles. The van der Waals surface area contributed by atoms with Gasteiger partial charge in [-0.3, -0.25) is 4.40 Å². The second kappa shape index (κ2) is 4.01. The third-order valence-corrected chi connectivity index (χ3v) is 4.21. The summed E-state index contributed by atoms with van der Waals surface area (Å²) in [5, 5.41) is 0. The van der Waals surface area contributed by atoms with Gasteiger partial charge in [-0.05, 0) is 24.3 Å². The fourth-order valence-corrected chi connectivity index (χ4v) is 3.44. The topological polar surface area (TPSA) is 26.5 Å². The predicted octanol–water partition coefficient (Wildman–Crippen LogP) is 2.56. The molecule has 1 aliphatic rings. The minimum absolute atomic E-state index is 0.573. The lowest BCUT2D eigenvalue weighted by atomic mass is 10.1. The molecule has 3 nitrogen and oxygen atoms in total. The molecule has 2 aromatic heterocycles. The van der Waals surface area contributed by atoms with Gasteiger partial charge in [-0.2, -0.15) is 11.8 Å². The largest absolute Gasteiger partial charge is 0.482 e. The summed E-state index contributed by atoms with van der Waals surface area (Å²) in [6.45, 7) is 0. The fraction of sp³-hybridized carbons (Fsp3) is 0.417. The Labute approximate surface area is 98.8 Å². The molecule has 1 fully saturated rings. The molecule has 16 heavy (non-hydrogen) atoms. The number of ether oxygens (including phenoxy) is 1. The smallest absolute Gasteiger partial charge is 0.199 e. The molecule has 1 aliphatic heterocycles. The first kappa shape index (κ1) is 10.0. The minimum atomic E-state index is 0.573. The molecule has 1 unspecified atom stereocenters. The van der Waals surface area contributed by atoms with E-state index in [0.717, 1.165) is 17.2 Å². The van der Waals surface area contributed by atoms with E-state index in [1.807, 2.05) is 30.1 Å². The number of pyridine rings is 1. The third kappa shape index (κ3) is 1.48. The first-order chi connectivity index (χ1) is 7.90. The van der Waals surface area contributed by atoms with E-state index < -0.39 is 0 Å². The van der Waals surface area contributed by atoms with Crippen molar-refractivity contribution in [3.63, 3.8) is 0 Å². The molecule has 3 heterocycles. The van der Waals surface area contributed by atoms with Crippen molar-refractivity contribution in [3.8, 4) is 5.88 Å². The lowest BCUT2D eigenvalue weighted by molar-refractivity contribution is 0.389. The second-order valence-electron chi connectivity index (χ2n) is 4.01. The summed E-state index contributed by atoms with van der Waals surface area (Å²) in [6, 6.07) is 6.06. The van der Waals surface area contributed by atoms with Gasteiger partial charge in [-0.25, -0.2) is 4.98 Å². The fourth-order valence-electron chi connectivity index (χ4n) is 2.23. The second-order valence-corrected chi connectivity index (χ2v) is 5.16. The molecule has 0 amide bonds. The summed E-state index contributed by atoms with van der Waals surface area (Å²) < 4.78 is 7.54. The average Bonchev–Trinajstić information content (AvgIpc) is 2.96. The van der Waals surface area contributed by atoms with Crippen LogP contribution in [0.2, 0.25) is 0 Å². The van der Waals surface area contributed by atoms with Crippen LogP contribution in [-0.2, 0) is 0 Å². The highest BCUT2D eigenvalue weighted by Crippen LogP contribution is 2.33. The van der Waals surface area contributed by atoms with Crippen LogP contribution >= 0.6 is 11.8 Å². The molecular formula is C12H14N2OS. The molecule has 84 valence electrons. The summed E-state index contributed by atoms with van der Waals surface area (Å²) in [4.78, 5) is 4.56. The Hall–Kier alpha value is -1.16. The van der Waals surface area contributed by atoms with Gasteiger partial charge in [0.25, 0.3) is 0 Å². The van der Waals surface area contributed by atoms with Crippen LogP contribution in [0.1, 0.15) is 18.2 Å². The number of hydrogen-bond donors (Lipinski definition) is 0. The van der Waals surface area contributed by atoms with Gasteiger partial charge in [0, 0.05) is 11.7 Å². The van der Waals surface area contributed by atoms with Gasteiger partial charge in [0.05, 0.1) is 18.8 Å². The van der Waals surface area contributed by atoms with E-state index in [-0.39, 0.29) is 0 Å². The number of nitrogens with zero attached hydrogens (tertiary/aromatic N) is 2. The summed E-state index contributed by atoms with van der Waals surface area (Å²) in [5.74, 6) is 5.02. The number of hydrogen-bond acceptors (Lipinski definition) is 3. The van der Waals surface area contributed by atoms with E-state index in [1.54, 1.807) is 7.11 Å². The Morgan fingerprint density at radius 3 is 3.19 bits per heavy atom. The van der Waals surface area contributed by atoms with E-state index in [4.69, 9.17) is 4.74 Å². The highest BCUT2D eigenvalue weighted by Gasteiger charge is 2.22. The van der Waals surface area contributed by atoms with Crippen molar-refractivity contribution < 1.29 is 4.74 Å². The van der Waals surface area contributed by atoms with Crippen LogP contribution in [0.5, 0.6) is 5.88 Å². The van der Waals surface area contributed by atoms with Crippen LogP contribution in [0, 0.1) is 0 Å².